The number of imidazole rings is 1. The predicted molar refractivity (Wildman–Crippen MR) is 174 cm³/mol. The summed E-state index contributed by atoms with van der Waals surface area (Å²) in [5.41, 5.74) is 10.5. The first-order valence-electron chi connectivity index (χ1n) is 14.4. The molecule has 0 aliphatic heterocycles. The minimum Gasteiger partial charge on any atom is -0.508 e. The highest BCUT2D eigenvalue weighted by molar-refractivity contribution is 6.21. The van der Waals surface area contributed by atoms with Gasteiger partial charge in [-0.05, 0) is 86.0 Å². The van der Waals surface area contributed by atoms with E-state index in [2.05, 4.69) is 114 Å². The second kappa shape index (κ2) is 9.90. The summed E-state index contributed by atoms with van der Waals surface area (Å²) in [5.74, 6) is 1.21. The molecule has 0 saturated carbocycles. The van der Waals surface area contributed by atoms with Gasteiger partial charge in [0.15, 0.2) is 0 Å². The molecule has 0 saturated heterocycles. The van der Waals surface area contributed by atoms with Crippen LogP contribution in [0.4, 0.5) is 0 Å². The zero-order valence-electron chi connectivity index (χ0n) is 23.0. The van der Waals surface area contributed by atoms with Crippen molar-refractivity contribution in [1.82, 2.24) is 9.97 Å². The molecule has 0 radical (unpaired) electrons. The molecule has 0 atom stereocenters. The molecule has 1 aromatic heterocycles. The summed E-state index contributed by atoms with van der Waals surface area (Å²) < 4.78 is 0. The second-order valence-electron chi connectivity index (χ2n) is 10.9. The Labute approximate surface area is 244 Å². The van der Waals surface area contributed by atoms with E-state index in [-0.39, 0.29) is 5.75 Å². The Hall–Kier alpha value is -5.41. The van der Waals surface area contributed by atoms with Crippen LogP contribution < -0.4 is 0 Å². The highest BCUT2D eigenvalue weighted by Gasteiger charge is 2.17. The zero-order chi connectivity index (χ0) is 28.0. The first-order chi connectivity index (χ1) is 20.7. The highest BCUT2D eigenvalue weighted by atomic mass is 16.3. The first kappa shape index (κ1) is 24.4. The van der Waals surface area contributed by atoms with Crippen LogP contribution >= 0.6 is 0 Å². The van der Waals surface area contributed by atoms with Gasteiger partial charge in [-0.3, -0.25) is 0 Å². The third kappa shape index (κ3) is 4.10. The number of nitrogens with one attached hydrogen (secondary N) is 1. The maximum atomic E-state index is 9.69. The average Bonchev–Trinajstić information content (AvgIpc) is 3.49. The lowest BCUT2D eigenvalue weighted by Crippen LogP contribution is -1.91. The smallest absolute Gasteiger partial charge is 0.138 e. The number of rotatable bonds is 4. The van der Waals surface area contributed by atoms with E-state index >= 15 is 0 Å². The number of phenols is 1. The van der Waals surface area contributed by atoms with Gasteiger partial charge in [0, 0.05) is 11.3 Å². The summed E-state index contributed by atoms with van der Waals surface area (Å²) in [6, 6.07) is 42.4. The number of aromatic amines is 1. The van der Waals surface area contributed by atoms with Gasteiger partial charge < -0.3 is 10.1 Å². The molecule has 0 spiro atoms. The number of aromatic hydroxyl groups is 1. The van der Waals surface area contributed by atoms with Crippen LogP contribution in [-0.4, -0.2) is 15.1 Å². The summed E-state index contributed by atoms with van der Waals surface area (Å²) >= 11 is 0. The monoisotopic (exact) mass is 540 g/mol. The van der Waals surface area contributed by atoms with E-state index in [1.54, 1.807) is 12.1 Å². The summed E-state index contributed by atoms with van der Waals surface area (Å²) in [6.45, 7) is 0. The fourth-order valence-electron chi connectivity index (χ4n) is 6.34. The Morgan fingerprint density at radius 1 is 0.524 bits per heavy atom. The summed E-state index contributed by atoms with van der Waals surface area (Å²) in [7, 11) is 0. The molecule has 0 bridgehead atoms. The van der Waals surface area contributed by atoms with Crippen LogP contribution in [0.15, 0.2) is 127 Å². The number of phenolic OH excluding ortho intramolecular Hbond substituents is 1. The van der Waals surface area contributed by atoms with Crippen molar-refractivity contribution in [3.05, 3.63) is 139 Å². The molecule has 3 heteroatoms. The van der Waals surface area contributed by atoms with Crippen LogP contribution in [0.5, 0.6) is 5.75 Å². The average molecular weight is 541 g/mol. The lowest BCUT2D eigenvalue weighted by atomic mass is 9.85. The largest absolute Gasteiger partial charge is 0.508 e. The van der Waals surface area contributed by atoms with E-state index in [4.69, 9.17) is 4.98 Å². The quantitative estimate of drug-likeness (QED) is 0.218. The number of H-pyrrole nitrogens is 1. The van der Waals surface area contributed by atoms with Gasteiger partial charge in [0.05, 0.1) is 5.69 Å². The topological polar surface area (TPSA) is 48.9 Å². The van der Waals surface area contributed by atoms with Gasteiger partial charge in [0.2, 0.25) is 0 Å². The Bertz CT molecular complexity index is 2060. The Morgan fingerprint density at radius 3 is 1.48 bits per heavy atom. The number of hydrogen-bond acceptors (Lipinski definition) is 2. The van der Waals surface area contributed by atoms with Crippen LogP contribution in [0.2, 0.25) is 0 Å². The molecule has 1 heterocycles. The van der Waals surface area contributed by atoms with E-state index in [9.17, 15) is 5.11 Å². The van der Waals surface area contributed by atoms with E-state index in [1.807, 2.05) is 12.1 Å². The third-order valence-electron chi connectivity index (χ3n) is 8.40. The molecular weight excluding hydrogens is 512 g/mol. The normalized spacial score (nSPS) is 12.6. The lowest BCUT2D eigenvalue weighted by Gasteiger charge is -2.18. The summed E-state index contributed by atoms with van der Waals surface area (Å²) in [4.78, 5) is 8.38. The molecule has 0 amide bonds. The predicted octanol–water partition coefficient (Wildman–Crippen LogP) is 10.0. The Balaban J connectivity index is 1.26. The first-order valence-corrected chi connectivity index (χ1v) is 14.4. The second-order valence-corrected chi connectivity index (χ2v) is 10.9. The maximum absolute atomic E-state index is 9.69. The molecule has 0 fully saturated rings. The molecule has 7 aromatic rings. The SMILES string of the molecule is Oc1ccc(-c2ccc(-c3c4ccccc4c(-c4ccc(-c5nc6c([nH]5)CCC=C6)cc4)c4ccccc34)cc2)cc1. The van der Waals surface area contributed by atoms with Crippen LogP contribution in [0.1, 0.15) is 17.8 Å². The van der Waals surface area contributed by atoms with Crippen molar-refractivity contribution >= 4 is 27.6 Å². The van der Waals surface area contributed by atoms with Crippen molar-refractivity contribution in [1.29, 1.82) is 0 Å². The molecule has 6 aromatic carbocycles. The van der Waals surface area contributed by atoms with Crippen molar-refractivity contribution in [3.8, 4) is 50.5 Å². The van der Waals surface area contributed by atoms with Crippen molar-refractivity contribution in [2.45, 2.75) is 12.8 Å². The van der Waals surface area contributed by atoms with Gasteiger partial charge in [-0.15, -0.1) is 0 Å². The standard InChI is InChI=1S/C39H28N2O/c42-30-23-21-26(22-24-30)25-13-15-27(16-14-25)37-31-7-1-3-9-33(31)38(34-10-4-2-8-32(34)37)28-17-19-29(20-18-28)39-40-35-11-5-6-12-36(35)41-39/h1-5,7-11,13-24,42H,6,12H2,(H,40,41). The fourth-order valence-corrected chi connectivity index (χ4v) is 6.34. The van der Waals surface area contributed by atoms with Gasteiger partial charge in [-0.2, -0.15) is 0 Å². The van der Waals surface area contributed by atoms with Crippen LogP contribution in [0.3, 0.4) is 0 Å². The number of aromatic nitrogens is 2. The highest BCUT2D eigenvalue weighted by Crippen LogP contribution is 2.44. The van der Waals surface area contributed by atoms with Crippen molar-refractivity contribution in [2.24, 2.45) is 0 Å². The number of nitrogens with zero attached hydrogens (tertiary/aromatic N) is 1. The molecule has 8 rings (SSSR count). The van der Waals surface area contributed by atoms with Crippen LogP contribution in [0.25, 0.3) is 72.4 Å². The fraction of sp³-hybridized carbons (Fsp3) is 0.0513. The van der Waals surface area contributed by atoms with Crippen molar-refractivity contribution in [2.75, 3.05) is 0 Å². The van der Waals surface area contributed by atoms with E-state index in [0.29, 0.717) is 0 Å². The zero-order valence-corrected chi connectivity index (χ0v) is 23.0. The third-order valence-corrected chi connectivity index (χ3v) is 8.40. The van der Waals surface area contributed by atoms with Gasteiger partial charge in [0.25, 0.3) is 0 Å². The number of aryl methyl sites for hydroxylation is 1. The molecule has 1 aliphatic rings. The lowest BCUT2D eigenvalue weighted by molar-refractivity contribution is 0.475. The minimum atomic E-state index is 0.278. The van der Waals surface area contributed by atoms with Crippen molar-refractivity contribution in [3.63, 3.8) is 0 Å². The van der Waals surface area contributed by atoms with E-state index in [0.717, 1.165) is 41.1 Å². The van der Waals surface area contributed by atoms with Crippen LogP contribution in [-0.2, 0) is 6.42 Å². The summed E-state index contributed by atoms with van der Waals surface area (Å²) in [5, 5.41) is 14.6. The van der Waals surface area contributed by atoms with Crippen molar-refractivity contribution < 1.29 is 5.11 Å². The molecule has 2 N–H and O–H groups in total. The van der Waals surface area contributed by atoms with Gasteiger partial charge in [-0.25, -0.2) is 4.98 Å². The number of allylic oxidation sites excluding steroid dienone is 1. The van der Waals surface area contributed by atoms with Crippen LogP contribution in [0, 0.1) is 0 Å². The van der Waals surface area contributed by atoms with Gasteiger partial charge in [0.1, 0.15) is 11.6 Å². The van der Waals surface area contributed by atoms with E-state index in [1.165, 1.54) is 49.5 Å². The number of hydrogen-bond donors (Lipinski definition) is 2. The summed E-state index contributed by atoms with van der Waals surface area (Å²) in [6.07, 6.45) is 6.39. The molecule has 0 unspecified atom stereocenters. The number of benzene rings is 6. The number of fused-ring (bicyclic) bond motifs is 3. The molecule has 200 valence electrons. The Morgan fingerprint density at radius 2 is 0.976 bits per heavy atom. The molecule has 42 heavy (non-hydrogen) atoms. The minimum absolute atomic E-state index is 0.278. The molecule has 3 nitrogen and oxygen atoms in total. The van der Waals surface area contributed by atoms with Gasteiger partial charge >= 0.3 is 0 Å². The molecular formula is C39H28N2O. The van der Waals surface area contributed by atoms with Gasteiger partial charge in [-0.1, -0.05) is 115 Å². The maximum Gasteiger partial charge on any atom is 0.138 e. The Kier molecular flexibility index (Phi) is 5.75. The molecule has 1 aliphatic carbocycles. The van der Waals surface area contributed by atoms with E-state index < -0.39 is 0 Å².